The van der Waals surface area contributed by atoms with E-state index in [0.29, 0.717) is 5.75 Å². The van der Waals surface area contributed by atoms with Gasteiger partial charge in [0.2, 0.25) is 0 Å². The van der Waals surface area contributed by atoms with E-state index in [0.717, 1.165) is 12.3 Å². The molecule has 1 aliphatic rings. The molecule has 0 saturated heterocycles. The topological polar surface area (TPSA) is 40.1 Å². The van der Waals surface area contributed by atoms with Crippen molar-refractivity contribution in [2.24, 2.45) is 5.92 Å². The van der Waals surface area contributed by atoms with Gasteiger partial charge in [0.1, 0.15) is 0 Å². The van der Waals surface area contributed by atoms with Gasteiger partial charge in [-0.3, -0.25) is 4.21 Å². The molecule has 1 saturated carbocycles. The highest BCUT2D eigenvalue weighted by molar-refractivity contribution is 7.79. The van der Waals surface area contributed by atoms with Gasteiger partial charge in [0.25, 0.3) is 0 Å². The van der Waals surface area contributed by atoms with Gasteiger partial charge in [0.15, 0.2) is 0 Å². The first-order chi connectivity index (χ1) is 3.79. The molecule has 48 valence electrons. The first kappa shape index (κ1) is 6.23. The third-order valence-electron chi connectivity index (χ3n) is 1.39. The van der Waals surface area contributed by atoms with Crippen LogP contribution in [0.25, 0.3) is 0 Å². The normalized spacial score (nSPS) is 23.1. The van der Waals surface area contributed by atoms with Gasteiger partial charge in [-0.25, -0.2) is 0 Å². The van der Waals surface area contributed by atoms with Gasteiger partial charge in [0, 0.05) is 5.75 Å². The molecule has 0 aromatic carbocycles. The molecule has 0 aliphatic heterocycles. The van der Waals surface area contributed by atoms with Crippen LogP contribution < -0.4 is 0 Å². The summed E-state index contributed by atoms with van der Waals surface area (Å²) in [7, 11) is 0. The van der Waals surface area contributed by atoms with E-state index >= 15 is 0 Å². The van der Waals surface area contributed by atoms with Crippen molar-refractivity contribution in [2.75, 3.05) is 5.75 Å². The van der Waals surface area contributed by atoms with E-state index < -0.39 is 11.1 Å². The Kier molecular flexibility index (Phi) is 2.02. The smallest absolute Gasteiger partial charge is 0.0104 e. The van der Waals surface area contributed by atoms with E-state index in [9.17, 15) is 8.76 Å². The summed E-state index contributed by atoms with van der Waals surface area (Å²) in [6.45, 7) is 0. The Morgan fingerprint density at radius 1 is 1.62 bits per heavy atom. The average Bonchev–Trinajstić information content (AvgIpc) is 2.41. The average molecular weight is 133 g/mol. The van der Waals surface area contributed by atoms with Gasteiger partial charge in [-0.1, -0.05) is 23.9 Å². The molecule has 0 N–H and O–H groups in total. The molecule has 8 heavy (non-hydrogen) atoms. The highest BCUT2D eigenvalue weighted by Gasteiger charge is 2.19. The molecule has 1 rings (SSSR count). The van der Waals surface area contributed by atoms with Crippen LogP contribution in [-0.2, 0) is 11.1 Å². The van der Waals surface area contributed by atoms with Gasteiger partial charge in [-0.2, -0.15) is 0 Å². The standard InChI is InChI=1S/C5H10O2S/c6-8(7)4-3-5-1-2-5/h5H,1-4H2,(H,6,7)/p-1. The predicted octanol–water partition coefficient (Wildman–Crippen LogP) is 0.666. The molecule has 0 spiro atoms. The van der Waals surface area contributed by atoms with Gasteiger partial charge < -0.3 is 4.55 Å². The molecule has 2 nitrogen and oxygen atoms in total. The predicted molar refractivity (Wildman–Crippen MR) is 31.1 cm³/mol. The summed E-state index contributed by atoms with van der Waals surface area (Å²) in [5, 5.41) is 0. The third-order valence-corrected chi connectivity index (χ3v) is 1.96. The fraction of sp³-hybridized carbons (Fsp3) is 1.00. The first-order valence-corrected chi connectivity index (χ1v) is 4.09. The summed E-state index contributed by atoms with van der Waals surface area (Å²) in [5.41, 5.74) is 0. The van der Waals surface area contributed by atoms with Crippen molar-refractivity contribution < 1.29 is 8.76 Å². The molecule has 1 unspecified atom stereocenters. The maximum atomic E-state index is 9.93. The molecule has 1 atom stereocenters. The second kappa shape index (κ2) is 2.60. The van der Waals surface area contributed by atoms with Crippen LogP contribution in [0.3, 0.4) is 0 Å². The van der Waals surface area contributed by atoms with E-state index in [1.807, 2.05) is 0 Å². The second-order valence-electron chi connectivity index (χ2n) is 2.24. The minimum Gasteiger partial charge on any atom is -0.772 e. The Labute approximate surface area is 51.6 Å². The summed E-state index contributed by atoms with van der Waals surface area (Å²) in [4.78, 5) is 0. The Balaban J connectivity index is 1.95. The summed E-state index contributed by atoms with van der Waals surface area (Å²) >= 11 is -1.80. The van der Waals surface area contributed by atoms with E-state index in [-0.39, 0.29) is 0 Å². The van der Waals surface area contributed by atoms with Crippen molar-refractivity contribution in [3.8, 4) is 0 Å². The van der Waals surface area contributed by atoms with Crippen LogP contribution in [0.4, 0.5) is 0 Å². The van der Waals surface area contributed by atoms with Crippen LogP contribution >= 0.6 is 0 Å². The van der Waals surface area contributed by atoms with Gasteiger partial charge >= 0.3 is 0 Å². The molecule has 0 bridgehead atoms. The zero-order valence-electron chi connectivity index (χ0n) is 4.63. The minimum absolute atomic E-state index is 0.366. The van der Waals surface area contributed by atoms with Crippen molar-refractivity contribution in [1.29, 1.82) is 0 Å². The quantitative estimate of drug-likeness (QED) is 0.531. The van der Waals surface area contributed by atoms with Crippen LogP contribution in [0.1, 0.15) is 19.3 Å². The molecule has 1 fully saturated rings. The lowest BCUT2D eigenvalue weighted by Gasteiger charge is -2.00. The van der Waals surface area contributed by atoms with Crippen molar-refractivity contribution in [2.45, 2.75) is 19.3 Å². The van der Waals surface area contributed by atoms with E-state index in [1.165, 1.54) is 12.8 Å². The molecular formula is C5H9O2S-. The van der Waals surface area contributed by atoms with Gasteiger partial charge in [-0.15, -0.1) is 0 Å². The fourth-order valence-corrected chi connectivity index (χ4v) is 1.20. The minimum atomic E-state index is -1.80. The molecule has 0 heterocycles. The van der Waals surface area contributed by atoms with Gasteiger partial charge in [0.05, 0.1) is 0 Å². The molecule has 1 aliphatic carbocycles. The third kappa shape index (κ3) is 2.43. The monoisotopic (exact) mass is 133 g/mol. The Bertz CT molecular complexity index is 98.6. The Morgan fingerprint density at radius 2 is 2.25 bits per heavy atom. The van der Waals surface area contributed by atoms with E-state index in [4.69, 9.17) is 0 Å². The fourth-order valence-electron chi connectivity index (χ4n) is 0.669. The summed E-state index contributed by atoms with van der Waals surface area (Å²) in [6, 6.07) is 0. The lowest BCUT2D eigenvalue weighted by atomic mass is 10.3. The molecule has 3 heteroatoms. The maximum absolute atomic E-state index is 9.93. The van der Waals surface area contributed by atoms with Crippen molar-refractivity contribution >= 4 is 11.1 Å². The largest absolute Gasteiger partial charge is 0.772 e. The van der Waals surface area contributed by atoms with Crippen molar-refractivity contribution in [1.82, 2.24) is 0 Å². The lowest BCUT2D eigenvalue weighted by Crippen LogP contribution is -1.95. The molecular weight excluding hydrogens is 124 g/mol. The molecule has 0 radical (unpaired) electrons. The highest BCUT2D eigenvalue weighted by atomic mass is 32.2. The van der Waals surface area contributed by atoms with Gasteiger partial charge in [-0.05, 0) is 12.3 Å². The molecule has 0 aromatic heterocycles. The van der Waals surface area contributed by atoms with E-state index in [1.54, 1.807) is 0 Å². The number of hydrogen-bond acceptors (Lipinski definition) is 2. The lowest BCUT2D eigenvalue weighted by molar-refractivity contribution is 0.532. The highest BCUT2D eigenvalue weighted by Crippen LogP contribution is 2.32. The van der Waals surface area contributed by atoms with Crippen molar-refractivity contribution in [3.05, 3.63) is 0 Å². The van der Waals surface area contributed by atoms with Crippen LogP contribution in [0.5, 0.6) is 0 Å². The first-order valence-electron chi connectivity index (χ1n) is 2.85. The second-order valence-corrected chi connectivity index (χ2v) is 3.26. The summed E-state index contributed by atoms with van der Waals surface area (Å²) < 4.78 is 19.9. The zero-order valence-corrected chi connectivity index (χ0v) is 5.45. The van der Waals surface area contributed by atoms with Crippen LogP contribution in [0, 0.1) is 5.92 Å². The summed E-state index contributed by atoms with van der Waals surface area (Å²) in [5.74, 6) is 1.11. The van der Waals surface area contributed by atoms with Crippen LogP contribution in [-0.4, -0.2) is 14.5 Å². The van der Waals surface area contributed by atoms with Crippen molar-refractivity contribution in [3.63, 3.8) is 0 Å². The SMILES string of the molecule is O=S([O-])CCC1CC1. The van der Waals surface area contributed by atoms with Crippen LogP contribution in [0.15, 0.2) is 0 Å². The molecule has 0 aromatic rings. The van der Waals surface area contributed by atoms with Crippen LogP contribution in [0.2, 0.25) is 0 Å². The van der Waals surface area contributed by atoms with E-state index in [2.05, 4.69) is 0 Å². The molecule has 0 amide bonds. The summed E-state index contributed by atoms with van der Waals surface area (Å²) in [6.07, 6.45) is 3.38. The number of rotatable bonds is 3. The zero-order chi connectivity index (χ0) is 5.98. The Hall–Kier alpha value is 0.110. The Morgan fingerprint density at radius 3 is 2.62 bits per heavy atom. The maximum Gasteiger partial charge on any atom is 0.0104 e. The number of hydrogen-bond donors (Lipinski definition) is 0.